The summed E-state index contributed by atoms with van der Waals surface area (Å²) in [5, 5.41) is 23.4. The van der Waals surface area contributed by atoms with Gasteiger partial charge in [-0.15, -0.1) is 0 Å². The van der Waals surface area contributed by atoms with Crippen LogP contribution in [0.2, 0.25) is 0 Å². The van der Waals surface area contributed by atoms with Gasteiger partial charge in [0.05, 0.1) is 23.6 Å². The van der Waals surface area contributed by atoms with Crippen LogP contribution in [0.1, 0.15) is 50.8 Å². The Hall–Kier alpha value is -3.16. The van der Waals surface area contributed by atoms with E-state index in [0.29, 0.717) is 18.1 Å². The molecule has 7 heteroatoms. The highest BCUT2D eigenvalue weighted by Crippen LogP contribution is 2.31. The number of halogens is 1. The van der Waals surface area contributed by atoms with Crippen molar-refractivity contribution < 1.29 is 14.6 Å². The van der Waals surface area contributed by atoms with Crippen LogP contribution in [0, 0.1) is 5.82 Å². The molecule has 3 N–H and O–H groups in total. The maximum absolute atomic E-state index is 13.6. The molecule has 0 radical (unpaired) electrons. The summed E-state index contributed by atoms with van der Waals surface area (Å²) in [7, 11) is 0. The van der Waals surface area contributed by atoms with E-state index in [2.05, 4.69) is 10.3 Å². The van der Waals surface area contributed by atoms with Gasteiger partial charge in [-0.2, -0.15) is 0 Å². The van der Waals surface area contributed by atoms with Crippen LogP contribution in [0.3, 0.4) is 0 Å². The fourth-order valence-electron chi connectivity index (χ4n) is 3.27. The Labute approximate surface area is 187 Å². The Morgan fingerprint density at radius 2 is 1.72 bits per heavy atom. The summed E-state index contributed by atoms with van der Waals surface area (Å²) in [6.45, 7) is 5.93. The highest BCUT2D eigenvalue weighted by molar-refractivity contribution is 5.75. The van der Waals surface area contributed by atoms with Gasteiger partial charge in [-0.3, -0.25) is 4.98 Å². The van der Waals surface area contributed by atoms with Crippen molar-refractivity contribution in [1.82, 2.24) is 15.0 Å². The maximum Gasteiger partial charge on any atom is 0.228 e. The van der Waals surface area contributed by atoms with Gasteiger partial charge in [-0.25, -0.2) is 14.4 Å². The molecule has 6 nitrogen and oxygen atoms in total. The molecule has 0 fully saturated rings. The molecule has 0 aliphatic carbocycles. The number of aliphatic hydroxyl groups excluding tert-OH is 2. The van der Waals surface area contributed by atoms with Gasteiger partial charge < -0.3 is 15.5 Å². The van der Waals surface area contributed by atoms with Gasteiger partial charge >= 0.3 is 0 Å². The molecule has 0 bridgehead atoms. The third kappa shape index (κ3) is 6.18. The van der Waals surface area contributed by atoms with E-state index in [1.807, 2.05) is 32.9 Å². The van der Waals surface area contributed by atoms with Crippen LogP contribution >= 0.6 is 0 Å². The highest BCUT2D eigenvalue weighted by atomic mass is 19.1. The Kier molecular flexibility index (Phi) is 8.03. The molecular formula is C25H29FN4O2. The normalized spacial score (nSPS) is 13.5. The van der Waals surface area contributed by atoms with E-state index >= 15 is 0 Å². The van der Waals surface area contributed by atoms with Crippen molar-refractivity contribution in [2.75, 3.05) is 5.32 Å². The lowest BCUT2D eigenvalue weighted by atomic mass is 9.97. The highest BCUT2D eigenvalue weighted by Gasteiger charge is 2.18. The second-order valence-electron chi connectivity index (χ2n) is 7.94. The van der Waals surface area contributed by atoms with E-state index in [9.17, 15) is 14.6 Å². The summed E-state index contributed by atoms with van der Waals surface area (Å²) in [6.07, 6.45) is 6.23. The van der Waals surface area contributed by atoms with E-state index in [-0.39, 0.29) is 18.2 Å². The molecule has 168 valence electrons. The lowest BCUT2D eigenvalue weighted by molar-refractivity contribution is 0.102. The summed E-state index contributed by atoms with van der Waals surface area (Å²) >= 11 is 0. The van der Waals surface area contributed by atoms with Crippen LogP contribution in [0.15, 0.2) is 54.9 Å². The van der Waals surface area contributed by atoms with Gasteiger partial charge in [0.25, 0.3) is 0 Å². The number of aromatic nitrogens is 3. The Morgan fingerprint density at radius 3 is 2.34 bits per heavy atom. The predicted molar refractivity (Wildman–Crippen MR) is 125 cm³/mol. The van der Waals surface area contributed by atoms with Crippen LogP contribution in [0.4, 0.5) is 16.0 Å². The molecule has 32 heavy (non-hydrogen) atoms. The van der Waals surface area contributed by atoms with Crippen molar-refractivity contribution in [1.29, 1.82) is 0 Å². The van der Waals surface area contributed by atoms with Crippen molar-refractivity contribution >= 4 is 17.7 Å². The number of benzene rings is 1. The van der Waals surface area contributed by atoms with Crippen molar-refractivity contribution in [2.45, 2.75) is 51.7 Å². The van der Waals surface area contributed by atoms with E-state index in [0.717, 1.165) is 22.5 Å². The molecule has 0 aliphatic rings. The number of aliphatic hydroxyl groups is 2. The van der Waals surface area contributed by atoms with Crippen molar-refractivity contribution in [2.24, 2.45) is 0 Å². The largest absolute Gasteiger partial charge is 0.393 e. The molecule has 0 spiro atoms. The minimum atomic E-state index is -0.805. The molecule has 3 aromatic rings. The van der Waals surface area contributed by atoms with Gasteiger partial charge in [-0.05, 0) is 48.7 Å². The summed E-state index contributed by atoms with van der Waals surface area (Å²) in [5.41, 5.74) is 3.69. The van der Waals surface area contributed by atoms with Gasteiger partial charge in [0.1, 0.15) is 5.82 Å². The summed E-state index contributed by atoms with van der Waals surface area (Å²) < 4.78 is 13.6. The summed E-state index contributed by atoms with van der Waals surface area (Å²) in [6, 6.07) is 9.77. The van der Waals surface area contributed by atoms with E-state index in [1.165, 1.54) is 12.1 Å². The molecule has 0 amide bonds. The fraction of sp³-hybridized carbons (Fsp3) is 0.320. The zero-order chi connectivity index (χ0) is 23.1. The first-order valence-electron chi connectivity index (χ1n) is 10.8. The van der Waals surface area contributed by atoms with Gasteiger partial charge in [0.15, 0.2) is 0 Å². The molecule has 1 aromatic carbocycles. The topological polar surface area (TPSA) is 91.2 Å². The molecule has 2 atom stereocenters. The van der Waals surface area contributed by atoms with Gasteiger partial charge in [-0.1, -0.05) is 32.9 Å². The molecule has 2 heterocycles. The average molecular weight is 437 g/mol. The zero-order valence-corrected chi connectivity index (χ0v) is 18.5. The molecule has 0 saturated heterocycles. The van der Waals surface area contributed by atoms with Crippen LogP contribution < -0.4 is 5.32 Å². The van der Waals surface area contributed by atoms with Crippen LogP contribution in [-0.4, -0.2) is 37.4 Å². The van der Waals surface area contributed by atoms with E-state index in [4.69, 9.17) is 9.97 Å². The fourth-order valence-corrected chi connectivity index (χ4v) is 3.27. The van der Waals surface area contributed by atoms with Gasteiger partial charge in [0.2, 0.25) is 5.95 Å². The van der Waals surface area contributed by atoms with E-state index < -0.39 is 12.2 Å². The quantitative estimate of drug-likeness (QED) is 0.433. The SMILES string of the molecule is CCC(O)CC(O)/C=C/c1c(-c2ccc(F)cc2)nc(Nc2ccncc2)nc1C(C)C. The molecule has 0 saturated carbocycles. The molecule has 3 rings (SSSR count). The number of hydrogen-bond acceptors (Lipinski definition) is 6. The number of hydrogen-bond donors (Lipinski definition) is 3. The Bertz CT molecular complexity index is 1040. The predicted octanol–water partition coefficient (Wildman–Crippen LogP) is 5.08. The monoisotopic (exact) mass is 436 g/mol. The zero-order valence-electron chi connectivity index (χ0n) is 18.5. The lowest BCUT2D eigenvalue weighted by Gasteiger charge is -2.17. The smallest absolute Gasteiger partial charge is 0.228 e. The Balaban J connectivity index is 2.08. The number of rotatable bonds is 9. The molecule has 0 aliphatic heterocycles. The minimum Gasteiger partial charge on any atom is -0.393 e. The summed E-state index contributed by atoms with van der Waals surface area (Å²) in [5.74, 6) is 0.148. The van der Waals surface area contributed by atoms with E-state index in [1.54, 1.807) is 36.7 Å². The second kappa shape index (κ2) is 10.9. The number of nitrogens with one attached hydrogen (secondary N) is 1. The lowest BCUT2D eigenvalue weighted by Crippen LogP contribution is -2.14. The average Bonchev–Trinajstić information content (AvgIpc) is 2.78. The molecule has 2 aromatic heterocycles. The number of pyridine rings is 1. The first kappa shape index (κ1) is 23.5. The number of nitrogens with zero attached hydrogens (tertiary/aromatic N) is 3. The van der Waals surface area contributed by atoms with Gasteiger partial charge in [0, 0.05) is 35.6 Å². The van der Waals surface area contributed by atoms with Crippen molar-refractivity contribution in [3.05, 3.63) is 71.9 Å². The van der Waals surface area contributed by atoms with Crippen LogP contribution in [-0.2, 0) is 0 Å². The van der Waals surface area contributed by atoms with Crippen molar-refractivity contribution in [3.8, 4) is 11.3 Å². The minimum absolute atomic E-state index is 0.0632. The first-order valence-corrected chi connectivity index (χ1v) is 10.8. The number of anilines is 2. The second-order valence-corrected chi connectivity index (χ2v) is 7.94. The van der Waals surface area contributed by atoms with Crippen LogP contribution in [0.25, 0.3) is 17.3 Å². The standard InChI is InChI=1S/C25H29FN4O2/c1-4-20(31)15-21(32)9-10-22-23(16(2)3)29-25(28-19-11-13-27-14-12-19)30-24(22)17-5-7-18(26)8-6-17/h5-14,16,20-21,31-32H,4,15H2,1-3H3,(H,27,28,29,30)/b10-9+. The Morgan fingerprint density at radius 1 is 1.03 bits per heavy atom. The maximum atomic E-state index is 13.6. The van der Waals surface area contributed by atoms with Crippen LogP contribution in [0.5, 0.6) is 0 Å². The first-order chi connectivity index (χ1) is 15.4. The molecule has 2 unspecified atom stereocenters. The van der Waals surface area contributed by atoms with Crippen molar-refractivity contribution in [3.63, 3.8) is 0 Å². The molecular weight excluding hydrogens is 407 g/mol. The third-order valence-corrected chi connectivity index (χ3v) is 5.05. The third-order valence-electron chi connectivity index (χ3n) is 5.05. The summed E-state index contributed by atoms with van der Waals surface area (Å²) in [4.78, 5) is 13.5.